The lowest BCUT2D eigenvalue weighted by Crippen LogP contribution is -2.30. The molecule has 0 aliphatic carbocycles. The minimum atomic E-state index is -0.772. The minimum Gasteiger partial charge on any atom is -0.462 e. The van der Waals surface area contributed by atoms with Gasteiger partial charge in [0, 0.05) is 19.3 Å². The Bertz CT molecular complexity index is 1440. The zero-order valence-corrected chi connectivity index (χ0v) is 51.9. The molecule has 0 saturated heterocycles. The van der Waals surface area contributed by atoms with E-state index in [0.29, 0.717) is 19.3 Å². The van der Waals surface area contributed by atoms with Crippen molar-refractivity contribution in [1.82, 2.24) is 0 Å². The van der Waals surface area contributed by atoms with E-state index in [2.05, 4.69) is 93.7 Å². The number of ether oxygens (including phenoxy) is 3. The van der Waals surface area contributed by atoms with Crippen LogP contribution in [0.4, 0.5) is 0 Å². The van der Waals surface area contributed by atoms with Crippen molar-refractivity contribution in [2.45, 2.75) is 354 Å². The summed E-state index contributed by atoms with van der Waals surface area (Å²) in [4.78, 5) is 38.1. The van der Waals surface area contributed by atoms with Gasteiger partial charge in [-0.15, -0.1) is 0 Å². The molecule has 0 aliphatic rings. The van der Waals surface area contributed by atoms with E-state index in [4.69, 9.17) is 14.2 Å². The fraction of sp³-hybridized carbons (Fsp3) is 0.792. The highest BCUT2D eigenvalue weighted by atomic mass is 16.6. The van der Waals surface area contributed by atoms with Gasteiger partial charge in [0.15, 0.2) is 6.10 Å². The van der Waals surface area contributed by atoms with Gasteiger partial charge in [-0.1, -0.05) is 312 Å². The summed E-state index contributed by atoms with van der Waals surface area (Å²) in [6.07, 6.45) is 86.8. The van der Waals surface area contributed by atoms with Crippen molar-refractivity contribution in [1.29, 1.82) is 0 Å². The molecule has 0 aromatic heterocycles. The van der Waals surface area contributed by atoms with Crippen molar-refractivity contribution in [2.24, 2.45) is 0 Å². The molecule has 0 spiro atoms. The Balaban J connectivity index is 4.03. The third-order valence-corrected chi connectivity index (χ3v) is 14.9. The molecule has 0 aliphatic heterocycles. The summed E-state index contributed by atoms with van der Waals surface area (Å²) < 4.78 is 16.8. The molecule has 1 atom stereocenters. The van der Waals surface area contributed by atoms with Crippen LogP contribution in [0, 0.1) is 0 Å². The summed E-state index contributed by atoms with van der Waals surface area (Å²) in [6, 6.07) is 0. The average Bonchev–Trinajstić information content (AvgIpc) is 3.44. The fourth-order valence-electron chi connectivity index (χ4n) is 9.88. The van der Waals surface area contributed by atoms with E-state index in [-0.39, 0.29) is 31.1 Å². The van der Waals surface area contributed by atoms with Crippen molar-refractivity contribution in [2.75, 3.05) is 13.2 Å². The summed E-state index contributed by atoms with van der Waals surface area (Å²) in [5, 5.41) is 0. The lowest BCUT2D eigenvalue weighted by molar-refractivity contribution is -0.167. The van der Waals surface area contributed by atoms with E-state index in [1.54, 1.807) is 0 Å². The van der Waals surface area contributed by atoms with Crippen LogP contribution in [-0.2, 0) is 28.6 Å². The minimum absolute atomic E-state index is 0.0722. The van der Waals surface area contributed by atoms with Crippen LogP contribution >= 0.6 is 0 Å². The van der Waals surface area contributed by atoms with Crippen LogP contribution in [0.25, 0.3) is 0 Å². The highest BCUT2D eigenvalue weighted by Gasteiger charge is 2.19. The molecule has 6 nitrogen and oxygen atoms in total. The van der Waals surface area contributed by atoms with Gasteiger partial charge in [0.1, 0.15) is 13.2 Å². The summed E-state index contributed by atoms with van der Waals surface area (Å²) in [5.74, 6) is -0.866. The molecule has 0 radical (unpaired) electrons. The van der Waals surface area contributed by atoms with E-state index in [9.17, 15) is 14.4 Å². The first kappa shape index (κ1) is 74.8. The molecule has 0 saturated carbocycles. The maximum atomic E-state index is 12.9. The number of allylic oxidation sites excluding steroid dienone is 12. The van der Waals surface area contributed by atoms with Crippen LogP contribution < -0.4 is 0 Å². The monoisotopic (exact) mass is 1090 g/mol. The van der Waals surface area contributed by atoms with Gasteiger partial charge in [-0.3, -0.25) is 14.4 Å². The van der Waals surface area contributed by atoms with E-state index >= 15 is 0 Å². The van der Waals surface area contributed by atoms with Crippen LogP contribution in [0.2, 0.25) is 0 Å². The average molecular weight is 1090 g/mol. The summed E-state index contributed by atoms with van der Waals surface area (Å²) >= 11 is 0. The van der Waals surface area contributed by atoms with E-state index in [0.717, 1.165) is 89.9 Å². The molecule has 0 aromatic rings. The molecule has 0 rings (SSSR count). The van der Waals surface area contributed by atoms with Gasteiger partial charge in [0.25, 0.3) is 0 Å². The zero-order chi connectivity index (χ0) is 56.4. The summed E-state index contributed by atoms with van der Waals surface area (Å²) in [5.41, 5.74) is 0. The molecule has 0 fully saturated rings. The van der Waals surface area contributed by atoms with Crippen molar-refractivity contribution < 1.29 is 28.6 Å². The van der Waals surface area contributed by atoms with Crippen molar-refractivity contribution in [3.63, 3.8) is 0 Å². The number of hydrogen-bond acceptors (Lipinski definition) is 6. The van der Waals surface area contributed by atoms with E-state index in [1.807, 2.05) is 0 Å². The summed E-state index contributed by atoms with van der Waals surface area (Å²) in [7, 11) is 0. The number of unbranched alkanes of at least 4 members (excludes halogenated alkanes) is 39. The van der Waals surface area contributed by atoms with Crippen LogP contribution in [-0.4, -0.2) is 37.2 Å². The Kier molecular flexibility index (Phi) is 63.7. The quantitative estimate of drug-likeness (QED) is 0.0261. The van der Waals surface area contributed by atoms with Gasteiger partial charge in [0.05, 0.1) is 0 Å². The first-order valence-corrected chi connectivity index (χ1v) is 33.9. The Hall–Kier alpha value is -3.15. The SMILES string of the molecule is CC/C=C\C/C=C\C/C=C\C/C=C\C/C=C\CCCCCCCCCCCCCCCC(=O)OCC(COC(=O)CCCCCCCC)OC(=O)CCCCCCCCCCCCCCC/C=C\CCCCCCCCCC. The Morgan fingerprint density at radius 2 is 0.500 bits per heavy atom. The molecular weight excluding hydrogens is 961 g/mol. The molecule has 78 heavy (non-hydrogen) atoms. The van der Waals surface area contributed by atoms with Crippen molar-refractivity contribution in [3.05, 3.63) is 72.9 Å². The molecule has 6 heteroatoms. The van der Waals surface area contributed by atoms with Crippen molar-refractivity contribution >= 4 is 17.9 Å². The molecule has 1 unspecified atom stereocenters. The van der Waals surface area contributed by atoms with Gasteiger partial charge in [-0.2, -0.15) is 0 Å². The normalized spacial score (nSPS) is 12.5. The Labute approximate surface area is 484 Å². The topological polar surface area (TPSA) is 78.9 Å². The molecule has 0 amide bonds. The van der Waals surface area contributed by atoms with Crippen LogP contribution in [0.15, 0.2) is 72.9 Å². The third kappa shape index (κ3) is 63.7. The molecule has 0 bridgehead atoms. The Morgan fingerprint density at radius 3 is 0.795 bits per heavy atom. The zero-order valence-electron chi connectivity index (χ0n) is 51.9. The highest BCUT2D eigenvalue weighted by Crippen LogP contribution is 2.17. The van der Waals surface area contributed by atoms with Gasteiger partial charge in [-0.05, 0) is 89.9 Å². The Morgan fingerprint density at radius 1 is 0.269 bits per heavy atom. The first-order valence-electron chi connectivity index (χ1n) is 33.9. The lowest BCUT2D eigenvalue weighted by Gasteiger charge is -2.18. The largest absolute Gasteiger partial charge is 0.462 e. The summed E-state index contributed by atoms with van der Waals surface area (Å²) in [6.45, 7) is 6.51. The third-order valence-electron chi connectivity index (χ3n) is 14.9. The molecule has 452 valence electrons. The van der Waals surface area contributed by atoms with Crippen LogP contribution in [0.3, 0.4) is 0 Å². The highest BCUT2D eigenvalue weighted by molar-refractivity contribution is 5.71. The maximum Gasteiger partial charge on any atom is 0.306 e. The van der Waals surface area contributed by atoms with Gasteiger partial charge >= 0.3 is 17.9 Å². The lowest BCUT2D eigenvalue weighted by atomic mass is 10.0. The van der Waals surface area contributed by atoms with Crippen molar-refractivity contribution in [3.8, 4) is 0 Å². The second kappa shape index (κ2) is 66.4. The maximum absolute atomic E-state index is 12.9. The van der Waals surface area contributed by atoms with E-state index in [1.165, 1.54) is 218 Å². The fourth-order valence-corrected chi connectivity index (χ4v) is 9.88. The second-order valence-electron chi connectivity index (χ2n) is 22.7. The number of rotatable bonds is 62. The molecule has 0 N–H and O–H groups in total. The smallest absolute Gasteiger partial charge is 0.306 e. The second-order valence-corrected chi connectivity index (χ2v) is 22.7. The standard InChI is InChI=1S/C72H128O6/c1-4-7-10-13-16-18-20-22-24-26-28-30-32-34-35-36-37-39-40-42-44-46-48-50-52-54-56-59-62-65-71(74)77-68-69(67-76-70(73)64-61-58-15-12-9-6-3)78-72(75)66-63-60-57-55-53-51-49-47-45-43-41-38-33-31-29-27-25-23-21-19-17-14-11-8-5-2/h7,10,16,18,22,24,27-30,34-35,69H,4-6,8-9,11-15,17,19-21,23,25-26,31-33,36-68H2,1-3H3/b10-7-,18-16-,24-22-,29-27-,30-28-,35-34-. The van der Waals surface area contributed by atoms with Crippen LogP contribution in [0.1, 0.15) is 348 Å². The molecule has 0 heterocycles. The number of esters is 3. The molecule has 0 aromatic carbocycles. The van der Waals surface area contributed by atoms with Gasteiger partial charge in [-0.25, -0.2) is 0 Å². The van der Waals surface area contributed by atoms with E-state index < -0.39 is 6.10 Å². The van der Waals surface area contributed by atoms with Gasteiger partial charge < -0.3 is 14.2 Å². The predicted octanol–water partition coefficient (Wildman–Crippen LogP) is 23.3. The first-order chi connectivity index (χ1) is 38.5. The number of carbonyl (C=O) groups is 3. The molecular formula is C72H128O6. The van der Waals surface area contributed by atoms with Crippen LogP contribution in [0.5, 0.6) is 0 Å². The predicted molar refractivity (Wildman–Crippen MR) is 339 cm³/mol. The number of carbonyl (C=O) groups excluding carboxylic acids is 3. The number of hydrogen-bond donors (Lipinski definition) is 0. The van der Waals surface area contributed by atoms with Gasteiger partial charge in [0.2, 0.25) is 0 Å².